The molecule has 7 atom stereocenters. The molecule has 0 radical (unpaired) electrons. The molecular weight excluding hydrogens is 538 g/mol. The summed E-state index contributed by atoms with van der Waals surface area (Å²) in [5.74, 6) is -3.76. The number of fused-ring (bicyclic) bond motifs is 2. The minimum absolute atomic E-state index is 0.147. The molecule has 0 aromatic heterocycles. The molecule has 1 spiro atoms. The molecule has 0 bridgehead atoms. The van der Waals surface area contributed by atoms with Gasteiger partial charge in [0.05, 0.1) is 31.2 Å². The van der Waals surface area contributed by atoms with E-state index in [2.05, 4.69) is 5.32 Å². The maximum Gasteiger partial charge on any atom is 0.313 e. The molecule has 2 fully saturated rings. The summed E-state index contributed by atoms with van der Waals surface area (Å²) in [7, 11) is 0. The predicted molar refractivity (Wildman–Crippen MR) is 155 cm³/mol. The van der Waals surface area contributed by atoms with E-state index in [1.807, 2.05) is 52.0 Å². The lowest BCUT2D eigenvalue weighted by atomic mass is 9.78. The van der Waals surface area contributed by atoms with Gasteiger partial charge in [0.1, 0.15) is 23.7 Å². The second kappa shape index (κ2) is 11.6. The van der Waals surface area contributed by atoms with E-state index in [9.17, 15) is 24.3 Å². The fourth-order valence-corrected chi connectivity index (χ4v) is 6.81. The number of amides is 3. The molecule has 226 valence electrons. The Morgan fingerprint density at radius 2 is 1.88 bits per heavy atom. The second-order valence-electron chi connectivity index (χ2n) is 12.2. The van der Waals surface area contributed by atoms with Gasteiger partial charge in [-0.2, -0.15) is 0 Å². The number of nitrogens with zero attached hydrogens (tertiary/aromatic N) is 2. The molecule has 4 heterocycles. The normalized spacial score (nSPS) is 33.2. The fraction of sp³-hybridized carbons (Fsp3) is 0.562. The fourth-order valence-electron chi connectivity index (χ4n) is 6.81. The van der Waals surface area contributed by atoms with Gasteiger partial charge in [0.2, 0.25) is 11.8 Å². The molecule has 1 aromatic carbocycles. The number of aliphatic hydroxyl groups excluding tert-OH is 1. The van der Waals surface area contributed by atoms with Crippen molar-refractivity contribution in [3.8, 4) is 0 Å². The number of esters is 1. The standard InChI is InChI=1S/C32H41N3O7/c1-18(2)23(17-36)35-28-30(39)34(22-15-19(3)11-12-20(22)4)14-8-13-32(28)27(29(35)38)26-24(42-32)9-6-7-10-25(37)33-16-21(5)41-31(26)40/h6,8-9,11-13,15,18,21,23-24,26-28,36H,7,10,14,16-17H2,1-5H3,(H,33,37)/b9-6-/t21-,23+,24-,26+,27+,28-,32+/m1/s1. The van der Waals surface area contributed by atoms with Crippen LogP contribution in [0, 0.1) is 31.6 Å². The highest BCUT2D eigenvalue weighted by atomic mass is 16.6. The van der Waals surface area contributed by atoms with E-state index >= 15 is 0 Å². The molecular formula is C32H41N3O7. The Bertz CT molecular complexity index is 1320. The second-order valence-corrected chi connectivity index (χ2v) is 12.2. The van der Waals surface area contributed by atoms with Crippen LogP contribution >= 0.6 is 0 Å². The third kappa shape index (κ3) is 5.04. The van der Waals surface area contributed by atoms with Crippen molar-refractivity contribution in [1.29, 1.82) is 0 Å². The number of anilines is 1. The molecule has 5 rings (SSSR count). The van der Waals surface area contributed by atoms with Crippen LogP contribution in [0.3, 0.4) is 0 Å². The number of cyclic esters (lactones) is 1. The molecule has 4 aliphatic heterocycles. The van der Waals surface area contributed by atoms with Crippen molar-refractivity contribution < 1.29 is 33.8 Å². The first-order valence-electron chi connectivity index (χ1n) is 14.8. The van der Waals surface area contributed by atoms with Crippen LogP contribution in [0.1, 0.15) is 44.7 Å². The Morgan fingerprint density at radius 1 is 1.12 bits per heavy atom. The highest BCUT2D eigenvalue weighted by molar-refractivity contribution is 6.06. The first-order valence-corrected chi connectivity index (χ1v) is 14.8. The van der Waals surface area contributed by atoms with Crippen molar-refractivity contribution >= 4 is 29.4 Å². The lowest BCUT2D eigenvalue weighted by Gasteiger charge is -2.40. The van der Waals surface area contributed by atoms with Gasteiger partial charge in [-0.25, -0.2) is 0 Å². The first kappa shape index (κ1) is 30.0. The SMILES string of the molecule is Cc1ccc(C)c(N2CC=C[C@]34O[C@@H]5/C=C\CCC(=O)NC[C@@H](C)OC(=O)[C@@H]5[C@H]3C(=O)N([C@@H](CO)C(C)C)[C@@H]4C2=O)c1. The van der Waals surface area contributed by atoms with Crippen LogP contribution in [0.5, 0.6) is 0 Å². The summed E-state index contributed by atoms with van der Waals surface area (Å²) in [4.78, 5) is 58.3. The zero-order valence-corrected chi connectivity index (χ0v) is 24.9. The maximum absolute atomic E-state index is 14.7. The number of rotatable bonds is 4. The quantitative estimate of drug-likeness (QED) is 0.414. The van der Waals surface area contributed by atoms with E-state index in [1.165, 1.54) is 4.90 Å². The number of aryl methyl sites for hydroxylation is 2. The Morgan fingerprint density at radius 3 is 2.60 bits per heavy atom. The topological polar surface area (TPSA) is 125 Å². The zero-order chi connectivity index (χ0) is 30.3. The van der Waals surface area contributed by atoms with Crippen LogP contribution in [0.2, 0.25) is 0 Å². The number of allylic oxidation sites excluding steroid dienone is 1. The monoisotopic (exact) mass is 579 g/mol. The van der Waals surface area contributed by atoms with Crippen molar-refractivity contribution in [2.24, 2.45) is 17.8 Å². The minimum Gasteiger partial charge on any atom is -0.460 e. The number of benzene rings is 1. The third-order valence-corrected chi connectivity index (χ3v) is 8.94. The van der Waals surface area contributed by atoms with Gasteiger partial charge in [0, 0.05) is 18.7 Å². The van der Waals surface area contributed by atoms with Crippen LogP contribution in [0.15, 0.2) is 42.5 Å². The molecule has 2 N–H and O–H groups in total. The smallest absolute Gasteiger partial charge is 0.313 e. The molecule has 3 amide bonds. The lowest BCUT2D eigenvalue weighted by Crippen LogP contribution is -2.59. The van der Waals surface area contributed by atoms with Crippen LogP contribution in [0.4, 0.5) is 5.69 Å². The molecule has 0 saturated carbocycles. The van der Waals surface area contributed by atoms with Crippen LogP contribution in [0.25, 0.3) is 0 Å². The summed E-state index contributed by atoms with van der Waals surface area (Å²) >= 11 is 0. The van der Waals surface area contributed by atoms with Gasteiger partial charge in [-0.15, -0.1) is 0 Å². The van der Waals surface area contributed by atoms with Gasteiger partial charge < -0.3 is 29.7 Å². The largest absolute Gasteiger partial charge is 0.460 e. The Hall–Kier alpha value is -3.50. The summed E-state index contributed by atoms with van der Waals surface area (Å²) in [6.07, 6.45) is 6.32. The van der Waals surface area contributed by atoms with E-state index in [-0.39, 0.29) is 43.8 Å². The summed E-state index contributed by atoms with van der Waals surface area (Å²) in [5.41, 5.74) is 1.17. The number of hydrogen-bond acceptors (Lipinski definition) is 7. The van der Waals surface area contributed by atoms with Gasteiger partial charge in [0.15, 0.2) is 0 Å². The van der Waals surface area contributed by atoms with Crippen molar-refractivity contribution in [3.63, 3.8) is 0 Å². The molecule has 4 aliphatic rings. The Kier molecular flexibility index (Phi) is 8.31. The van der Waals surface area contributed by atoms with Crippen molar-refractivity contribution in [2.45, 2.75) is 77.4 Å². The van der Waals surface area contributed by atoms with Crippen molar-refractivity contribution in [1.82, 2.24) is 10.2 Å². The van der Waals surface area contributed by atoms with Gasteiger partial charge in [-0.3, -0.25) is 19.2 Å². The van der Waals surface area contributed by atoms with E-state index in [1.54, 1.807) is 30.1 Å². The molecule has 10 nitrogen and oxygen atoms in total. The zero-order valence-electron chi connectivity index (χ0n) is 24.9. The molecule has 2 saturated heterocycles. The summed E-state index contributed by atoms with van der Waals surface area (Å²) in [6, 6.07) is 4.10. The summed E-state index contributed by atoms with van der Waals surface area (Å²) < 4.78 is 12.5. The predicted octanol–water partition coefficient (Wildman–Crippen LogP) is 2.20. The molecule has 0 aliphatic carbocycles. The maximum atomic E-state index is 14.7. The van der Waals surface area contributed by atoms with E-state index in [4.69, 9.17) is 9.47 Å². The average molecular weight is 580 g/mol. The number of likely N-dealkylation sites (tertiary alicyclic amines) is 1. The lowest BCUT2D eigenvalue weighted by molar-refractivity contribution is -0.159. The highest BCUT2D eigenvalue weighted by Crippen LogP contribution is 2.54. The van der Waals surface area contributed by atoms with Crippen molar-refractivity contribution in [3.05, 3.63) is 53.6 Å². The van der Waals surface area contributed by atoms with Gasteiger partial charge in [-0.05, 0) is 50.3 Å². The van der Waals surface area contributed by atoms with Gasteiger partial charge >= 0.3 is 5.97 Å². The molecule has 10 heteroatoms. The Balaban J connectivity index is 1.65. The number of hydrogen-bond donors (Lipinski definition) is 2. The number of carbonyl (C=O) groups excluding carboxylic acids is 4. The van der Waals surface area contributed by atoms with Crippen LogP contribution in [-0.4, -0.2) is 83.3 Å². The number of aliphatic hydroxyl groups is 1. The molecule has 42 heavy (non-hydrogen) atoms. The van der Waals surface area contributed by atoms with Gasteiger partial charge in [-0.1, -0.05) is 50.3 Å². The Labute approximate surface area is 246 Å². The van der Waals surface area contributed by atoms with Crippen molar-refractivity contribution in [2.75, 3.05) is 24.6 Å². The first-order chi connectivity index (χ1) is 20.0. The number of ether oxygens (including phenoxy) is 2. The van der Waals surface area contributed by atoms with Gasteiger partial charge in [0.25, 0.3) is 5.91 Å². The van der Waals surface area contributed by atoms with E-state index < -0.39 is 53.6 Å². The third-order valence-electron chi connectivity index (χ3n) is 8.94. The number of nitrogens with one attached hydrogen (secondary N) is 1. The number of carbonyl (C=O) groups is 4. The highest BCUT2D eigenvalue weighted by Gasteiger charge is 2.72. The summed E-state index contributed by atoms with van der Waals surface area (Å²) in [6.45, 7) is 9.41. The minimum atomic E-state index is -1.46. The molecule has 0 unspecified atom stereocenters. The van der Waals surface area contributed by atoms with Crippen LogP contribution in [-0.2, 0) is 28.7 Å². The molecule has 1 aromatic rings. The van der Waals surface area contributed by atoms with E-state index in [0.29, 0.717) is 6.42 Å². The van der Waals surface area contributed by atoms with E-state index in [0.717, 1.165) is 16.8 Å². The van der Waals surface area contributed by atoms with Crippen LogP contribution < -0.4 is 10.2 Å². The average Bonchev–Trinajstić information content (AvgIpc) is 3.32. The summed E-state index contributed by atoms with van der Waals surface area (Å²) in [5, 5.41) is 13.2.